The molecule has 0 fully saturated rings. The molecular formula is C22H30N2O5S2. The minimum absolute atomic E-state index is 0.178. The van der Waals surface area contributed by atoms with Gasteiger partial charge in [0.1, 0.15) is 0 Å². The molecule has 0 bridgehead atoms. The summed E-state index contributed by atoms with van der Waals surface area (Å²) in [6.07, 6.45) is 0. The zero-order valence-electron chi connectivity index (χ0n) is 18.5. The molecule has 0 aliphatic carbocycles. The number of hydrogen-bond donors (Lipinski definition) is 1. The first kappa shape index (κ1) is 25.0. The molecule has 2 aromatic carbocycles. The fourth-order valence-electron chi connectivity index (χ4n) is 3.07. The summed E-state index contributed by atoms with van der Waals surface area (Å²) in [7, 11) is -6.93. The Morgan fingerprint density at radius 1 is 0.839 bits per heavy atom. The maximum atomic E-state index is 12.6. The van der Waals surface area contributed by atoms with Crippen molar-refractivity contribution in [3.63, 3.8) is 0 Å². The van der Waals surface area contributed by atoms with Crippen LogP contribution < -0.4 is 5.32 Å². The summed E-state index contributed by atoms with van der Waals surface area (Å²) in [4.78, 5) is 12.9. The molecular weight excluding hydrogens is 436 g/mol. The summed E-state index contributed by atoms with van der Waals surface area (Å²) in [6, 6.07) is 11.9. The third-order valence-corrected chi connectivity index (χ3v) is 9.37. The first-order valence-electron chi connectivity index (χ1n) is 10.2. The predicted molar refractivity (Wildman–Crippen MR) is 121 cm³/mol. The van der Waals surface area contributed by atoms with Crippen molar-refractivity contribution in [2.75, 3.05) is 13.1 Å². The van der Waals surface area contributed by atoms with Crippen molar-refractivity contribution in [2.24, 2.45) is 0 Å². The van der Waals surface area contributed by atoms with E-state index >= 15 is 0 Å². The molecule has 1 amide bonds. The van der Waals surface area contributed by atoms with Gasteiger partial charge >= 0.3 is 0 Å². The lowest BCUT2D eigenvalue weighted by atomic mass is 10.1. The number of benzene rings is 2. The highest BCUT2D eigenvalue weighted by atomic mass is 32.2. The van der Waals surface area contributed by atoms with Gasteiger partial charge in [0.15, 0.2) is 9.84 Å². The average Bonchev–Trinajstić information content (AvgIpc) is 2.74. The normalized spacial score (nSPS) is 13.4. The van der Waals surface area contributed by atoms with E-state index in [-0.39, 0.29) is 21.7 Å². The lowest BCUT2D eigenvalue weighted by Gasteiger charge is -2.19. The van der Waals surface area contributed by atoms with Gasteiger partial charge in [0.25, 0.3) is 5.91 Å². The van der Waals surface area contributed by atoms with Crippen LogP contribution in [-0.4, -0.2) is 45.4 Å². The molecule has 0 heterocycles. The van der Waals surface area contributed by atoms with Gasteiger partial charge in [-0.15, -0.1) is 0 Å². The summed E-state index contributed by atoms with van der Waals surface area (Å²) in [5.74, 6) is -0.346. The largest absolute Gasteiger partial charge is 0.346 e. The van der Waals surface area contributed by atoms with E-state index < -0.39 is 25.1 Å². The van der Waals surface area contributed by atoms with Crippen LogP contribution >= 0.6 is 0 Å². The van der Waals surface area contributed by atoms with E-state index in [1.54, 1.807) is 46.8 Å². The lowest BCUT2D eigenvalue weighted by molar-refractivity contribution is 0.0939. The first-order chi connectivity index (χ1) is 14.4. The molecule has 1 atom stereocenters. The van der Waals surface area contributed by atoms with Gasteiger partial charge < -0.3 is 5.32 Å². The molecule has 1 unspecified atom stereocenters. The van der Waals surface area contributed by atoms with Crippen molar-refractivity contribution >= 4 is 25.8 Å². The van der Waals surface area contributed by atoms with E-state index in [0.29, 0.717) is 18.7 Å². The van der Waals surface area contributed by atoms with Crippen LogP contribution in [0.25, 0.3) is 0 Å². The van der Waals surface area contributed by atoms with Gasteiger partial charge in [0, 0.05) is 18.7 Å². The molecule has 0 saturated heterocycles. The Balaban J connectivity index is 2.13. The minimum atomic E-state index is -3.54. The molecule has 0 aromatic heterocycles. The summed E-state index contributed by atoms with van der Waals surface area (Å²) in [5.41, 5.74) is 1.10. The van der Waals surface area contributed by atoms with Crippen LogP contribution in [0.1, 0.15) is 56.6 Å². The van der Waals surface area contributed by atoms with Crippen molar-refractivity contribution < 1.29 is 21.6 Å². The van der Waals surface area contributed by atoms with Gasteiger partial charge in [-0.25, -0.2) is 16.8 Å². The topological polar surface area (TPSA) is 101 Å². The van der Waals surface area contributed by atoms with Crippen LogP contribution in [0, 0.1) is 0 Å². The number of amides is 1. The number of sulfonamides is 1. The monoisotopic (exact) mass is 466 g/mol. The van der Waals surface area contributed by atoms with Crippen LogP contribution in [0.4, 0.5) is 0 Å². The molecule has 2 aromatic rings. The number of hydrogen-bond acceptors (Lipinski definition) is 5. The minimum Gasteiger partial charge on any atom is -0.346 e. The van der Waals surface area contributed by atoms with E-state index in [2.05, 4.69) is 5.32 Å². The van der Waals surface area contributed by atoms with Gasteiger partial charge in [-0.1, -0.05) is 26.0 Å². The van der Waals surface area contributed by atoms with E-state index in [9.17, 15) is 21.6 Å². The SMILES string of the molecule is CCN(CC)S(=O)(=O)c1ccc(C(C)NC(=O)c2ccc(S(=O)(=O)C(C)C)cc2)cc1. The van der Waals surface area contributed by atoms with Gasteiger partial charge in [-0.2, -0.15) is 4.31 Å². The molecule has 2 rings (SSSR count). The summed E-state index contributed by atoms with van der Waals surface area (Å²) in [5, 5.41) is 2.31. The quantitative estimate of drug-likeness (QED) is 0.610. The standard InChI is InChI=1S/C22H30N2O5S2/c1-6-24(7-2)31(28,29)21-14-8-18(9-15-21)17(5)23-22(25)19-10-12-20(13-11-19)30(26,27)16(3)4/h8-17H,6-7H2,1-5H3,(H,23,25). The molecule has 7 nitrogen and oxygen atoms in total. The molecule has 31 heavy (non-hydrogen) atoms. The zero-order chi connectivity index (χ0) is 23.4. The van der Waals surface area contributed by atoms with E-state index in [0.717, 1.165) is 5.56 Å². The highest BCUT2D eigenvalue weighted by molar-refractivity contribution is 7.92. The van der Waals surface area contributed by atoms with Crippen molar-refractivity contribution in [3.8, 4) is 0 Å². The predicted octanol–water partition coefficient (Wildman–Crippen LogP) is 3.39. The smallest absolute Gasteiger partial charge is 0.251 e. The van der Waals surface area contributed by atoms with Gasteiger partial charge in [-0.3, -0.25) is 4.79 Å². The number of carbonyl (C=O) groups excluding carboxylic acids is 1. The Labute approximate surface area is 185 Å². The molecule has 1 N–H and O–H groups in total. The summed E-state index contributed by atoms with van der Waals surface area (Å²) in [6.45, 7) is 9.37. The molecule has 0 saturated carbocycles. The van der Waals surface area contributed by atoms with Crippen molar-refractivity contribution in [1.82, 2.24) is 9.62 Å². The second-order valence-electron chi connectivity index (χ2n) is 7.47. The Morgan fingerprint density at radius 2 is 1.32 bits per heavy atom. The Kier molecular flexibility index (Phi) is 8.02. The van der Waals surface area contributed by atoms with Gasteiger partial charge in [0.05, 0.1) is 21.1 Å². The second kappa shape index (κ2) is 9.93. The summed E-state index contributed by atoms with van der Waals surface area (Å²) < 4.78 is 51.0. The first-order valence-corrected chi connectivity index (χ1v) is 13.2. The number of nitrogens with zero attached hydrogens (tertiary/aromatic N) is 1. The lowest BCUT2D eigenvalue weighted by Crippen LogP contribution is -2.30. The second-order valence-corrected chi connectivity index (χ2v) is 11.9. The molecule has 9 heteroatoms. The van der Waals surface area contributed by atoms with Gasteiger partial charge in [-0.05, 0) is 62.7 Å². The fraction of sp³-hybridized carbons (Fsp3) is 0.409. The van der Waals surface area contributed by atoms with Crippen molar-refractivity contribution in [1.29, 1.82) is 0 Å². The number of rotatable bonds is 9. The zero-order valence-corrected chi connectivity index (χ0v) is 20.1. The van der Waals surface area contributed by atoms with E-state index in [1.165, 1.54) is 40.7 Å². The third kappa shape index (κ3) is 5.53. The maximum Gasteiger partial charge on any atom is 0.251 e. The summed E-state index contributed by atoms with van der Waals surface area (Å²) >= 11 is 0. The van der Waals surface area contributed by atoms with Gasteiger partial charge in [0.2, 0.25) is 10.0 Å². The molecule has 0 radical (unpaired) electrons. The fourth-order valence-corrected chi connectivity index (χ4v) is 5.59. The number of sulfone groups is 1. The van der Waals surface area contributed by atoms with Crippen LogP contribution in [-0.2, 0) is 19.9 Å². The molecule has 0 aliphatic rings. The highest BCUT2D eigenvalue weighted by Crippen LogP contribution is 2.21. The Morgan fingerprint density at radius 3 is 1.77 bits per heavy atom. The number of carbonyl (C=O) groups is 1. The average molecular weight is 467 g/mol. The van der Waals surface area contributed by atoms with Crippen LogP contribution in [0.3, 0.4) is 0 Å². The van der Waals surface area contributed by atoms with Crippen LogP contribution in [0.15, 0.2) is 58.3 Å². The third-order valence-electron chi connectivity index (χ3n) is 5.14. The number of nitrogens with one attached hydrogen (secondary N) is 1. The van der Waals surface area contributed by atoms with E-state index in [4.69, 9.17) is 0 Å². The maximum absolute atomic E-state index is 12.6. The van der Waals surface area contributed by atoms with Crippen LogP contribution in [0.2, 0.25) is 0 Å². The van der Waals surface area contributed by atoms with E-state index in [1.807, 2.05) is 0 Å². The molecule has 170 valence electrons. The molecule has 0 aliphatic heterocycles. The Bertz CT molecular complexity index is 1100. The van der Waals surface area contributed by atoms with Crippen molar-refractivity contribution in [2.45, 2.75) is 55.7 Å². The molecule has 0 spiro atoms. The van der Waals surface area contributed by atoms with Crippen LogP contribution in [0.5, 0.6) is 0 Å². The van der Waals surface area contributed by atoms with Crippen molar-refractivity contribution in [3.05, 3.63) is 59.7 Å². The Hall–Kier alpha value is -2.23. The highest BCUT2D eigenvalue weighted by Gasteiger charge is 2.22.